The van der Waals surface area contributed by atoms with E-state index in [0.29, 0.717) is 18.4 Å². The summed E-state index contributed by atoms with van der Waals surface area (Å²) in [4.78, 5) is 12.0. The molecule has 3 atom stereocenters. The van der Waals surface area contributed by atoms with Crippen molar-refractivity contribution in [3.8, 4) is 0 Å². The topological polar surface area (TPSA) is 64.3 Å². The van der Waals surface area contributed by atoms with Crippen LogP contribution in [0.1, 0.15) is 39.2 Å². The molecule has 0 amide bonds. The van der Waals surface area contributed by atoms with Gasteiger partial charge in [-0.05, 0) is 58.1 Å². The van der Waals surface area contributed by atoms with Gasteiger partial charge in [0, 0.05) is 6.04 Å². The van der Waals surface area contributed by atoms with E-state index >= 15 is 0 Å². The molecule has 0 radical (unpaired) electrons. The molecule has 3 unspecified atom stereocenters. The first-order valence-corrected chi connectivity index (χ1v) is 8.09. The number of rotatable bonds is 5. The van der Waals surface area contributed by atoms with Gasteiger partial charge in [-0.3, -0.25) is 4.79 Å². The van der Waals surface area contributed by atoms with E-state index in [1.54, 1.807) is 0 Å². The molecular formula is C18H28N2O2. The van der Waals surface area contributed by atoms with Gasteiger partial charge >= 0.3 is 5.97 Å². The van der Waals surface area contributed by atoms with Crippen LogP contribution in [-0.4, -0.2) is 30.2 Å². The van der Waals surface area contributed by atoms with Gasteiger partial charge in [0.25, 0.3) is 0 Å². The van der Waals surface area contributed by atoms with Crippen molar-refractivity contribution in [3.63, 3.8) is 0 Å². The third kappa shape index (κ3) is 5.43. The highest BCUT2D eigenvalue weighted by atomic mass is 16.6. The van der Waals surface area contributed by atoms with Crippen molar-refractivity contribution >= 4 is 5.97 Å². The summed E-state index contributed by atoms with van der Waals surface area (Å²) in [7, 11) is 0. The zero-order valence-corrected chi connectivity index (χ0v) is 13.8. The summed E-state index contributed by atoms with van der Waals surface area (Å²) in [5, 5.41) is 3.54. The highest BCUT2D eigenvalue weighted by Crippen LogP contribution is 2.22. The molecule has 0 aromatic heterocycles. The van der Waals surface area contributed by atoms with Gasteiger partial charge < -0.3 is 15.8 Å². The Morgan fingerprint density at radius 2 is 2.05 bits per heavy atom. The zero-order valence-electron chi connectivity index (χ0n) is 13.8. The molecule has 1 aliphatic rings. The van der Waals surface area contributed by atoms with Crippen LogP contribution in [-0.2, 0) is 16.0 Å². The van der Waals surface area contributed by atoms with E-state index < -0.39 is 11.6 Å². The Labute approximate surface area is 133 Å². The minimum absolute atomic E-state index is 0.293. The van der Waals surface area contributed by atoms with E-state index in [1.807, 2.05) is 26.8 Å². The summed E-state index contributed by atoms with van der Waals surface area (Å²) < 4.78 is 5.35. The Balaban J connectivity index is 1.77. The molecule has 22 heavy (non-hydrogen) atoms. The molecule has 3 N–H and O–H groups in total. The number of benzene rings is 1. The summed E-state index contributed by atoms with van der Waals surface area (Å²) in [5.41, 5.74) is 6.87. The normalized spacial score (nSPS) is 23.3. The Morgan fingerprint density at radius 3 is 2.68 bits per heavy atom. The third-order valence-corrected chi connectivity index (χ3v) is 3.93. The molecule has 1 aromatic carbocycles. The number of nitrogens with one attached hydrogen (secondary N) is 1. The van der Waals surface area contributed by atoms with Crippen molar-refractivity contribution in [1.82, 2.24) is 5.32 Å². The fourth-order valence-electron chi connectivity index (χ4n) is 2.97. The number of nitrogens with two attached hydrogens (primary N) is 1. The van der Waals surface area contributed by atoms with Crippen molar-refractivity contribution < 1.29 is 9.53 Å². The smallest absolute Gasteiger partial charge is 0.323 e. The van der Waals surface area contributed by atoms with Gasteiger partial charge in [0.15, 0.2) is 0 Å². The van der Waals surface area contributed by atoms with E-state index in [1.165, 1.54) is 5.56 Å². The summed E-state index contributed by atoms with van der Waals surface area (Å²) in [6, 6.07) is 10.4. The quantitative estimate of drug-likeness (QED) is 0.819. The lowest BCUT2D eigenvalue weighted by molar-refractivity contribution is -0.156. The average Bonchev–Trinajstić information content (AvgIpc) is 2.85. The van der Waals surface area contributed by atoms with E-state index in [4.69, 9.17) is 10.5 Å². The SMILES string of the molecule is CC(C)(C)OC(=O)C(N)CC1CNC(Cc2ccccc2)C1. The van der Waals surface area contributed by atoms with Crippen LogP contribution < -0.4 is 11.1 Å². The van der Waals surface area contributed by atoms with Crippen LogP contribution >= 0.6 is 0 Å². The van der Waals surface area contributed by atoms with E-state index in [2.05, 4.69) is 29.6 Å². The summed E-state index contributed by atoms with van der Waals surface area (Å²) >= 11 is 0. The number of esters is 1. The second-order valence-electron chi connectivity index (χ2n) is 7.27. The van der Waals surface area contributed by atoms with E-state index in [-0.39, 0.29) is 5.97 Å². The zero-order chi connectivity index (χ0) is 16.2. The molecule has 1 heterocycles. The van der Waals surface area contributed by atoms with Gasteiger partial charge in [-0.15, -0.1) is 0 Å². The number of ether oxygens (including phenoxy) is 1. The van der Waals surface area contributed by atoms with Crippen LogP contribution in [0.5, 0.6) is 0 Å². The molecular weight excluding hydrogens is 276 g/mol. The maximum atomic E-state index is 12.0. The second-order valence-corrected chi connectivity index (χ2v) is 7.27. The molecule has 1 aromatic rings. The lowest BCUT2D eigenvalue weighted by Crippen LogP contribution is -2.38. The van der Waals surface area contributed by atoms with Crippen molar-refractivity contribution in [2.75, 3.05) is 6.54 Å². The minimum atomic E-state index is -0.526. The number of hydrogen-bond donors (Lipinski definition) is 2. The molecule has 0 saturated carbocycles. The predicted molar refractivity (Wildman–Crippen MR) is 88.5 cm³/mol. The molecule has 4 heteroatoms. The molecule has 1 saturated heterocycles. The summed E-state index contributed by atoms with van der Waals surface area (Å²) in [6.45, 7) is 6.52. The van der Waals surface area contributed by atoms with Gasteiger partial charge in [-0.2, -0.15) is 0 Å². The van der Waals surface area contributed by atoms with Crippen LogP contribution in [0.2, 0.25) is 0 Å². The molecule has 0 bridgehead atoms. The van der Waals surface area contributed by atoms with Gasteiger partial charge in [0.1, 0.15) is 11.6 Å². The Bertz CT molecular complexity index is 482. The fourth-order valence-corrected chi connectivity index (χ4v) is 2.97. The maximum absolute atomic E-state index is 12.0. The summed E-state index contributed by atoms with van der Waals surface area (Å²) in [6.07, 6.45) is 2.78. The highest BCUT2D eigenvalue weighted by Gasteiger charge is 2.29. The van der Waals surface area contributed by atoms with Gasteiger partial charge in [-0.25, -0.2) is 0 Å². The lowest BCUT2D eigenvalue weighted by atomic mass is 9.95. The first-order chi connectivity index (χ1) is 10.3. The molecule has 1 fully saturated rings. The standard InChI is InChI=1S/C18H28N2O2/c1-18(2,3)22-17(21)16(19)11-14-10-15(20-12-14)9-13-7-5-4-6-8-13/h4-8,14-16,20H,9-12,19H2,1-3H3. The first kappa shape index (κ1) is 17.0. The van der Waals surface area contributed by atoms with Gasteiger partial charge in [-0.1, -0.05) is 30.3 Å². The van der Waals surface area contributed by atoms with Gasteiger partial charge in [0.2, 0.25) is 0 Å². The average molecular weight is 304 g/mol. The van der Waals surface area contributed by atoms with Crippen LogP contribution in [0, 0.1) is 5.92 Å². The number of carbonyl (C=O) groups is 1. The van der Waals surface area contributed by atoms with E-state index in [0.717, 1.165) is 19.4 Å². The second kappa shape index (κ2) is 7.25. The van der Waals surface area contributed by atoms with E-state index in [9.17, 15) is 4.79 Å². The van der Waals surface area contributed by atoms with Crippen LogP contribution in [0.15, 0.2) is 30.3 Å². The highest BCUT2D eigenvalue weighted by molar-refractivity contribution is 5.75. The van der Waals surface area contributed by atoms with Crippen LogP contribution in [0.25, 0.3) is 0 Å². The van der Waals surface area contributed by atoms with Crippen LogP contribution in [0.3, 0.4) is 0 Å². The molecule has 0 spiro atoms. The molecule has 4 nitrogen and oxygen atoms in total. The lowest BCUT2D eigenvalue weighted by Gasteiger charge is -2.23. The fraction of sp³-hybridized carbons (Fsp3) is 0.611. The van der Waals surface area contributed by atoms with Crippen molar-refractivity contribution in [1.29, 1.82) is 0 Å². The van der Waals surface area contributed by atoms with Crippen molar-refractivity contribution in [2.24, 2.45) is 11.7 Å². The Hall–Kier alpha value is -1.39. The predicted octanol–water partition coefficient (Wildman–Crippen LogP) is 2.27. The molecule has 0 aliphatic carbocycles. The third-order valence-electron chi connectivity index (χ3n) is 3.93. The van der Waals surface area contributed by atoms with Crippen molar-refractivity contribution in [2.45, 2.75) is 57.7 Å². The number of carbonyl (C=O) groups excluding carboxylic acids is 1. The largest absolute Gasteiger partial charge is 0.459 e. The van der Waals surface area contributed by atoms with Gasteiger partial charge in [0.05, 0.1) is 0 Å². The molecule has 122 valence electrons. The number of hydrogen-bond acceptors (Lipinski definition) is 4. The molecule has 1 aliphatic heterocycles. The Morgan fingerprint density at radius 1 is 1.36 bits per heavy atom. The van der Waals surface area contributed by atoms with Crippen LogP contribution in [0.4, 0.5) is 0 Å². The minimum Gasteiger partial charge on any atom is -0.459 e. The van der Waals surface area contributed by atoms with Crippen molar-refractivity contribution in [3.05, 3.63) is 35.9 Å². The first-order valence-electron chi connectivity index (χ1n) is 8.09. The maximum Gasteiger partial charge on any atom is 0.323 e. The Kier molecular flexibility index (Phi) is 5.59. The molecule has 2 rings (SSSR count). The monoisotopic (exact) mass is 304 g/mol. The summed E-state index contributed by atoms with van der Waals surface area (Å²) in [5.74, 6) is 0.148.